The molecule has 1 heterocycles. The number of benzene rings is 3. The number of halogens is 4. The Morgan fingerprint density at radius 3 is 2.25 bits per heavy atom. The highest BCUT2D eigenvalue weighted by atomic mass is 19.4. The predicted octanol–water partition coefficient (Wildman–Crippen LogP) is 6.32. The number of carbonyl (C=O) groups excluding carboxylic acids is 2. The molecular formula is C31H27F4N5O4. The van der Waals surface area contributed by atoms with Crippen molar-refractivity contribution in [2.24, 2.45) is 0 Å². The predicted molar refractivity (Wildman–Crippen MR) is 151 cm³/mol. The topological polar surface area (TPSA) is 120 Å². The van der Waals surface area contributed by atoms with E-state index in [4.69, 9.17) is 10.00 Å². The molecule has 0 bridgehead atoms. The number of nitrogens with one attached hydrogen (secondary N) is 1. The number of anilines is 1. The Morgan fingerprint density at radius 1 is 1.02 bits per heavy atom. The van der Waals surface area contributed by atoms with Crippen molar-refractivity contribution in [1.29, 1.82) is 5.26 Å². The molecule has 0 aliphatic carbocycles. The zero-order chi connectivity index (χ0) is 32.2. The van der Waals surface area contributed by atoms with E-state index >= 15 is 0 Å². The molecule has 0 saturated heterocycles. The number of hydrogen-bond acceptors (Lipinski definition) is 6. The summed E-state index contributed by atoms with van der Waals surface area (Å²) in [6.45, 7) is 4.36. The van der Waals surface area contributed by atoms with E-state index in [-0.39, 0.29) is 12.1 Å². The SMILES string of the molecule is CC(C)(C)OC(=O)N(Cc1ccccc1)n1nc(C(F)(F)F)cc1C(=O)Nc1cc(C(O)c2ccc(C#N)cc2)ccc1F. The van der Waals surface area contributed by atoms with E-state index in [0.717, 1.165) is 17.1 Å². The van der Waals surface area contributed by atoms with Crippen LogP contribution >= 0.6 is 0 Å². The van der Waals surface area contributed by atoms with Crippen LogP contribution in [0.4, 0.5) is 28.0 Å². The van der Waals surface area contributed by atoms with Gasteiger partial charge in [0.15, 0.2) is 11.4 Å². The standard InChI is InChI=1S/C31H27F4N5O4/c1-30(2,3)44-29(43)39(18-20-7-5-4-6-8-20)40-25(16-26(38-40)31(33,34)35)28(42)37-24-15-22(13-14-23(24)32)27(41)21-11-9-19(17-36)10-12-21/h4-16,27,41H,18H2,1-3H3,(H,37,42). The van der Waals surface area contributed by atoms with E-state index in [1.165, 1.54) is 30.3 Å². The Kier molecular flexibility index (Phi) is 9.05. The minimum Gasteiger partial charge on any atom is -0.442 e. The molecule has 228 valence electrons. The Hall–Kier alpha value is -5.22. The van der Waals surface area contributed by atoms with Gasteiger partial charge in [0, 0.05) is 6.07 Å². The lowest BCUT2D eigenvalue weighted by Gasteiger charge is -2.28. The van der Waals surface area contributed by atoms with Gasteiger partial charge in [0.2, 0.25) is 0 Å². The quantitative estimate of drug-likeness (QED) is 0.237. The van der Waals surface area contributed by atoms with E-state index < -0.39 is 52.8 Å². The van der Waals surface area contributed by atoms with Crippen molar-refractivity contribution in [2.45, 2.75) is 45.2 Å². The number of aromatic nitrogens is 2. The van der Waals surface area contributed by atoms with Gasteiger partial charge in [-0.05, 0) is 61.7 Å². The van der Waals surface area contributed by atoms with Crippen molar-refractivity contribution in [2.75, 3.05) is 10.3 Å². The van der Waals surface area contributed by atoms with Crippen LogP contribution in [0.3, 0.4) is 0 Å². The van der Waals surface area contributed by atoms with Crippen LogP contribution in [0.1, 0.15) is 65.3 Å². The molecule has 3 aromatic carbocycles. The van der Waals surface area contributed by atoms with Gasteiger partial charge in [-0.1, -0.05) is 48.5 Å². The number of ether oxygens (including phenoxy) is 1. The van der Waals surface area contributed by atoms with Gasteiger partial charge in [-0.2, -0.15) is 28.2 Å². The molecule has 0 radical (unpaired) electrons. The van der Waals surface area contributed by atoms with Gasteiger partial charge < -0.3 is 15.2 Å². The Bertz CT molecular complexity index is 1690. The molecule has 4 aromatic rings. The lowest BCUT2D eigenvalue weighted by molar-refractivity contribution is -0.141. The van der Waals surface area contributed by atoms with Gasteiger partial charge in [0.05, 0.1) is 23.9 Å². The summed E-state index contributed by atoms with van der Waals surface area (Å²) >= 11 is 0. The molecule has 4 rings (SSSR count). The molecule has 44 heavy (non-hydrogen) atoms. The van der Waals surface area contributed by atoms with Crippen molar-refractivity contribution >= 4 is 17.7 Å². The van der Waals surface area contributed by atoms with Crippen LogP contribution in [0.25, 0.3) is 0 Å². The molecule has 0 spiro atoms. The van der Waals surface area contributed by atoms with Crippen LogP contribution in [0, 0.1) is 17.1 Å². The van der Waals surface area contributed by atoms with Crippen molar-refractivity contribution in [3.8, 4) is 6.07 Å². The Balaban J connectivity index is 1.73. The summed E-state index contributed by atoms with van der Waals surface area (Å²) in [6.07, 6.45) is -7.37. The van der Waals surface area contributed by atoms with E-state index in [2.05, 4.69) is 10.4 Å². The van der Waals surface area contributed by atoms with E-state index in [1.54, 1.807) is 51.1 Å². The first-order valence-electron chi connectivity index (χ1n) is 13.2. The summed E-state index contributed by atoms with van der Waals surface area (Å²) in [4.78, 5) is 27.1. The molecular weight excluding hydrogens is 582 g/mol. The fourth-order valence-corrected chi connectivity index (χ4v) is 4.06. The molecule has 1 atom stereocenters. The molecule has 1 aromatic heterocycles. The summed E-state index contributed by atoms with van der Waals surface area (Å²) in [5.74, 6) is -2.16. The maximum Gasteiger partial charge on any atom is 0.435 e. The maximum atomic E-state index is 14.8. The lowest BCUT2D eigenvalue weighted by Crippen LogP contribution is -2.45. The van der Waals surface area contributed by atoms with Crippen LogP contribution in [-0.4, -0.2) is 32.6 Å². The number of alkyl halides is 3. The third-order valence-corrected chi connectivity index (χ3v) is 6.13. The first kappa shape index (κ1) is 31.7. The molecule has 2 amide bonds. The fraction of sp³-hybridized carbons (Fsp3) is 0.226. The highest BCUT2D eigenvalue weighted by Gasteiger charge is 2.38. The molecule has 13 heteroatoms. The van der Waals surface area contributed by atoms with Crippen LogP contribution in [0.2, 0.25) is 0 Å². The van der Waals surface area contributed by atoms with Crippen LogP contribution in [0.15, 0.2) is 78.9 Å². The molecule has 0 fully saturated rings. The highest BCUT2D eigenvalue weighted by Crippen LogP contribution is 2.30. The number of carbonyl (C=O) groups is 2. The van der Waals surface area contributed by atoms with Gasteiger partial charge in [0.1, 0.15) is 17.5 Å². The number of nitriles is 1. The minimum absolute atomic E-state index is 0.148. The Labute approximate surface area is 249 Å². The fourth-order valence-electron chi connectivity index (χ4n) is 4.06. The minimum atomic E-state index is -5.00. The van der Waals surface area contributed by atoms with Gasteiger partial charge >= 0.3 is 12.3 Å². The van der Waals surface area contributed by atoms with Gasteiger partial charge in [-0.3, -0.25) is 4.79 Å². The summed E-state index contributed by atoms with van der Waals surface area (Å²) < 4.78 is 61.6. The van der Waals surface area contributed by atoms with Crippen molar-refractivity contribution in [3.63, 3.8) is 0 Å². The third-order valence-electron chi connectivity index (χ3n) is 6.13. The van der Waals surface area contributed by atoms with Crippen LogP contribution in [-0.2, 0) is 17.5 Å². The molecule has 2 N–H and O–H groups in total. The Morgan fingerprint density at radius 2 is 1.66 bits per heavy atom. The largest absolute Gasteiger partial charge is 0.442 e. The number of aliphatic hydroxyl groups is 1. The van der Waals surface area contributed by atoms with Gasteiger partial charge in [-0.25, -0.2) is 9.18 Å². The highest BCUT2D eigenvalue weighted by molar-refractivity contribution is 6.03. The summed E-state index contributed by atoms with van der Waals surface area (Å²) in [6, 6.07) is 20.0. The third kappa shape index (κ3) is 7.59. The zero-order valence-electron chi connectivity index (χ0n) is 23.8. The van der Waals surface area contributed by atoms with E-state index in [1.807, 2.05) is 6.07 Å². The summed E-state index contributed by atoms with van der Waals surface area (Å²) in [5.41, 5.74) is -2.35. The lowest BCUT2D eigenvalue weighted by atomic mass is 10.00. The smallest absolute Gasteiger partial charge is 0.435 e. The summed E-state index contributed by atoms with van der Waals surface area (Å²) in [5, 5.41) is 26.3. The van der Waals surface area contributed by atoms with Crippen LogP contribution < -0.4 is 10.3 Å². The van der Waals surface area contributed by atoms with Gasteiger partial charge in [0.25, 0.3) is 5.91 Å². The van der Waals surface area contributed by atoms with E-state index in [9.17, 15) is 32.3 Å². The first-order chi connectivity index (χ1) is 20.7. The normalized spacial score (nSPS) is 12.2. The second-order valence-electron chi connectivity index (χ2n) is 10.7. The number of amides is 2. The molecule has 0 saturated carbocycles. The second kappa shape index (κ2) is 12.6. The molecule has 9 nitrogen and oxygen atoms in total. The van der Waals surface area contributed by atoms with Crippen molar-refractivity contribution in [3.05, 3.63) is 118 Å². The zero-order valence-corrected chi connectivity index (χ0v) is 23.8. The number of hydrogen-bond donors (Lipinski definition) is 2. The maximum absolute atomic E-state index is 14.8. The van der Waals surface area contributed by atoms with Crippen molar-refractivity contribution < 1.29 is 37.0 Å². The second-order valence-corrected chi connectivity index (χ2v) is 10.7. The monoisotopic (exact) mass is 609 g/mol. The number of rotatable bonds is 7. The molecule has 0 aliphatic rings. The van der Waals surface area contributed by atoms with E-state index in [0.29, 0.717) is 27.5 Å². The summed E-state index contributed by atoms with van der Waals surface area (Å²) in [7, 11) is 0. The number of aliphatic hydroxyl groups excluding tert-OH is 1. The number of nitrogens with zero attached hydrogens (tertiary/aromatic N) is 4. The average molecular weight is 610 g/mol. The van der Waals surface area contributed by atoms with Crippen LogP contribution in [0.5, 0.6) is 0 Å². The van der Waals surface area contributed by atoms with Gasteiger partial charge in [-0.15, -0.1) is 5.10 Å². The average Bonchev–Trinajstić information content (AvgIpc) is 3.42. The molecule has 1 unspecified atom stereocenters. The van der Waals surface area contributed by atoms with Crippen molar-refractivity contribution in [1.82, 2.24) is 9.89 Å². The first-order valence-corrected chi connectivity index (χ1v) is 13.2. The molecule has 0 aliphatic heterocycles.